The molecule has 0 aromatic heterocycles. The molecule has 0 spiro atoms. The molecule has 0 atom stereocenters. The molecule has 1 aromatic carbocycles. The normalized spacial score (nSPS) is 16.3. The van der Waals surface area contributed by atoms with Crippen LogP contribution in [-0.4, -0.2) is 30.7 Å². The van der Waals surface area contributed by atoms with Crippen LogP contribution in [0.25, 0.3) is 0 Å². The lowest BCUT2D eigenvalue weighted by Gasteiger charge is -2.41. The van der Waals surface area contributed by atoms with Crippen molar-refractivity contribution in [1.29, 1.82) is 0 Å². The third-order valence-electron chi connectivity index (χ3n) is 3.30. The first kappa shape index (κ1) is 14.4. The SMILES string of the molecule is CCOC(=O)CC1(c2ccc(F)c([N+](=O)[O-])c2)COC1. The van der Waals surface area contributed by atoms with E-state index in [1.54, 1.807) is 6.92 Å². The summed E-state index contributed by atoms with van der Waals surface area (Å²) in [6, 6.07) is 3.65. The van der Waals surface area contributed by atoms with Gasteiger partial charge in [-0.15, -0.1) is 0 Å². The van der Waals surface area contributed by atoms with Crippen LogP contribution in [0.3, 0.4) is 0 Å². The van der Waals surface area contributed by atoms with Gasteiger partial charge in [-0.05, 0) is 18.6 Å². The second-order valence-electron chi connectivity index (χ2n) is 4.68. The number of nitrogens with zero attached hydrogens (tertiary/aromatic N) is 1. The van der Waals surface area contributed by atoms with E-state index in [0.717, 1.165) is 12.1 Å². The van der Waals surface area contributed by atoms with Crippen LogP contribution in [0.5, 0.6) is 0 Å². The van der Waals surface area contributed by atoms with Gasteiger partial charge in [-0.3, -0.25) is 14.9 Å². The van der Waals surface area contributed by atoms with E-state index in [-0.39, 0.29) is 26.2 Å². The van der Waals surface area contributed by atoms with Crippen molar-refractivity contribution in [3.63, 3.8) is 0 Å². The zero-order valence-electron chi connectivity index (χ0n) is 10.9. The van der Waals surface area contributed by atoms with Crippen LogP contribution in [0.1, 0.15) is 18.9 Å². The van der Waals surface area contributed by atoms with E-state index < -0.39 is 27.8 Å². The fourth-order valence-electron chi connectivity index (χ4n) is 2.19. The molecule has 20 heavy (non-hydrogen) atoms. The summed E-state index contributed by atoms with van der Waals surface area (Å²) in [5.74, 6) is -1.30. The van der Waals surface area contributed by atoms with Crippen LogP contribution in [-0.2, 0) is 19.7 Å². The molecule has 0 bridgehead atoms. The minimum atomic E-state index is -0.898. The summed E-state index contributed by atoms with van der Waals surface area (Å²) >= 11 is 0. The highest BCUT2D eigenvalue weighted by Crippen LogP contribution is 2.38. The molecular formula is C13H14FNO5. The van der Waals surface area contributed by atoms with Gasteiger partial charge in [-0.2, -0.15) is 4.39 Å². The number of halogens is 1. The van der Waals surface area contributed by atoms with E-state index >= 15 is 0 Å². The van der Waals surface area contributed by atoms with Gasteiger partial charge in [0.15, 0.2) is 0 Å². The average Bonchev–Trinajstić information content (AvgIpc) is 2.34. The summed E-state index contributed by atoms with van der Waals surface area (Å²) < 4.78 is 23.4. The molecule has 1 saturated heterocycles. The molecule has 2 rings (SSSR count). The maximum Gasteiger partial charge on any atom is 0.306 e. The van der Waals surface area contributed by atoms with Crippen LogP contribution in [0, 0.1) is 15.9 Å². The molecule has 0 unspecified atom stereocenters. The minimum absolute atomic E-state index is 0.0592. The molecule has 6 nitrogen and oxygen atoms in total. The molecule has 1 heterocycles. The Morgan fingerprint density at radius 2 is 2.25 bits per heavy atom. The Bertz CT molecular complexity index is 542. The van der Waals surface area contributed by atoms with Gasteiger partial charge in [0.2, 0.25) is 5.82 Å². The van der Waals surface area contributed by atoms with Crippen molar-refractivity contribution < 1.29 is 23.6 Å². The predicted octanol–water partition coefficient (Wildman–Crippen LogP) is 1.96. The first-order valence-electron chi connectivity index (χ1n) is 6.16. The van der Waals surface area contributed by atoms with Crippen LogP contribution in [0.15, 0.2) is 18.2 Å². The fourth-order valence-corrected chi connectivity index (χ4v) is 2.19. The summed E-state index contributed by atoms with van der Waals surface area (Å²) in [5.41, 5.74) is -0.743. The number of rotatable bonds is 5. The molecule has 108 valence electrons. The monoisotopic (exact) mass is 283 g/mol. The molecule has 1 aliphatic heterocycles. The number of ether oxygens (including phenoxy) is 2. The minimum Gasteiger partial charge on any atom is -0.466 e. The predicted molar refractivity (Wildman–Crippen MR) is 66.8 cm³/mol. The Morgan fingerprint density at radius 3 is 2.75 bits per heavy atom. The first-order chi connectivity index (χ1) is 9.48. The largest absolute Gasteiger partial charge is 0.466 e. The van der Waals surface area contributed by atoms with E-state index in [1.807, 2.05) is 0 Å². The van der Waals surface area contributed by atoms with E-state index in [0.29, 0.717) is 5.56 Å². The van der Waals surface area contributed by atoms with Crippen molar-refractivity contribution in [2.24, 2.45) is 0 Å². The number of carbonyl (C=O) groups excluding carboxylic acids is 1. The van der Waals surface area contributed by atoms with Crippen molar-refractivity contribution in [2.75, 3.05) is 19.8 Å². The Labute approximate surface area is 114 Å². The van der Waals surface area contributed by atoms with Crippen LogP contribution >= 0.6 is 0 Å². The molecule has 0 radical (unpaired) electrons. The zero-order valence-corrected chi connectivity index (χ0v) is 10.9. The number of benzene rings is 1. The average molecular weight is 283 g/mol. The van der Waals surface area contributed by atoms with E-state index in [4.69, 9.17) is 9.47 Å². The second kappa shape index (κ2) is 5.54. The van der Waals surface area contributed by atoms with Gasteiger partial charge in [0, 0.05) is 6.07 Å². The second-order valence-corrected chi connectivity index (χ2v) is 4.68. The van der Waals surface area contributed by atoms with Crippen molar-refractivity contribution in [1.82, 2.24) is 0 Å². The van der Waals surface area contributed by atoms with Crippen molar-refractivity contribution in [3.05, 3.63) is 39.7 Å². The Balaban J connectivity index is 2.30. The topological polar surface area (TPSA) is 78.7 Å². The summed E-state index contributed by atoms with van der Waals surface area (Å²) in [6.07, 6.45) is 0.0592. The van der Waals surface area contributed by atoms with Gasteiger partial charge in [0.25, 0.3) is 0 Å². The Hall–Kier alpha value is -2.02. The van der Waals surface area contributed by atoms with Crippen molar-refractivity contribution >= 4 is 11.7 Å². The number of nitro benzene ring substituents is 1. The molecule has 1 fully saturated rings. The maximum absolute atomic E-state index is 13.3. The summed E-state index contributed by atoms with van der Waals surface area (Å²) in [7, 11) is 0. The highest BCUT2D eigenvalue weighted by molar-refractivity contribution is 5.72. The lowest BCUT2D eigenvalue weighted by molar-refractivity contribution is -0.387. The number of carbonyl (C=O) groups is 1. The van der Waals surface area contributed by atoms with Crippen molar-refractivity contribution in [2.45, 2.75) is 18.8 Å². The molecule has 1 aliphatic rings. The Kier molecular flexibility index (Phi) is 3.99. The van der Waals surface area contributed by atoms with Crippen LogP contribution in [0.2, 0.25) is 0 Å². The molecule has 0 aliphatic carbocycles. The van der Waals surface area contributed by atoms with Crippen LogP contribution < -0.4 is 0 Å². The van der Waals surface area contributed by atoms with Crippen LogP contribution in [0.4, 0.5) is 10.1 Å². The molecule has 7 heteroatoms. The zero-order chi connectivity index (χ0) is 14.8. The van der Waals surface area contributed by atoms with Gasteiger partial charge in [0.05, 0.1) is 36.6 Å². The van der Waals surface area contributed by atoms with E-state index in [2.05, 4.69) is 0 Å². The third-order valence-corrected chi connectivity index (χ3v) is 3.30. The molecule has 1 aromatic rings. The van der Waals surface area contributed by atoms with E-state index in [1.165, 1.54) is 6.07 Å². The fraction of sp³-hybridized carbons (Fsp3) is 0.462. The van der Waals surface area contributed by atoms with Crippen molar-refractivity contribution in [3.8, 4) is 0 Å². The van der Waals surface area contributed by atoms with Gasteiger partial charge >= 0.3 is 11.7 Å². The van der Waals surface area contributed by atoms with Gasteiger partial charge in [-0.25, -0.2) is 0 Å². The lowest BCUT2D eigenvalue weighted by atomic mass is 9.75. The quantitative estimate of drug-likeness (QED) is 0.469. The van der Waals surface area contributed by atoms with Gasteiger partial charge in [-0.1, -0.05) is 6.07 Å². The highest BCUT2D eigenvalue weighted by Gasteiger charge is 2.43. The lowest BCUT2D eigenvalue weighted by Crippen LogP contribution is -2.48. The number of hydrogen-bond acceptors (Lipinski definition) is 5. The molecule has 0 saturated carbocycles. The number of esters is 1. The summed E-state index contributed by atoms with van der Waals surface area (Å²) in [5, 5.41) is 10.8. The maximum atomic E-state index is 13.3. The molecule has 0 amide bonds. The standard InChI is InChI=1S/C13H14FNO5/c1-2-20-12(16)6-13(7-19-8-13)9-3-4-10(14)11(5-9)15(17)18/h3-5H,2,6-8H2,1H3. The number of hydrogen-bond donors (Lipinski definition) is 0. The third kappa shape index (κ3) is 2.62. The molecule has 0 N–H and O–H groups in total. The summed E-state index contributed by atoms with van der Waals surface area (Å²) in [6.45, 7) is 2.48. The Morgan fingerprint density at radius 1 is 1.55 bits per heavy atom. The smallest absolute Gasteiger partial charge is 0.306 e. The van der Waals surface area contributed by atoms with E-state index in [9.17, 15) is 19.3 Å². The van der Waals surface area contributed by atoms with Gasteiger partial charge in [0.1, 0.15) is 0 Å². The summed E-state index contributed by atoms with van der Waals surface area (Å²) in [4.78, 5) is 21.6. The van der Waals surface area contributed by atoms with Gasteiger partial charge < -0.3 is 9.47 Å². The molecular weight excluding hydrogens is 269 g/mol. The highest BCUT2D eigenvalue weighted by atomic mass is 19.1. The number of nitro groups is 1. The first-order valence-corrected chi connectivity index (χ1v) is 6.16.